The van der Waals surface area contributed by atoms with Gasteiger partial charge in [0.15, 0.2) is 0 Å². The van der Waals surface area contributed by atoms with E-state index in [9.17, 15) is 0 Å². The van der Waals surface area contributed by atoms with Gasteiger partial charge in [-0.3, -0.25) is 4.90 Å². The molecule has 0 radical (unpaired) electrons. The minimum absolute atomic E-state index is 0.216. The molecule has 3 nitrogen and oxygen atoms in total. The van der Waals surface area contributed by atoms with Crippen molar-refractivity contribution in [3.63, 3.8) is 0 Å². The summed E-state index contributed by atoms with van der Waals surface area (Å²) in [6.45, 7) is 8.54. The predicted molar refractivity (Wildman–Crippen MR) is 85.8 cm³/mol. The second-order valence-electron chi connectivity index (χ2n) is 5.98. The van der Waals surface area contributed by atoms with Gasteiger partial charge in [-0.15, -0.1) is 0 Å². The smallest absolute Gasteiger partial charge is 0.0511 e. The number of rotatable bonds is 3. The molecule has 4 heteroatoms. The molecule has 0 saturated carbocycles. The lowest BCUT2D eigenvalue weighted by Gasteiger charge is -2.46. The van der Waals surface area contributed by atoms with Gasteiger partial charge in [-0.1, -0.05) is 6.07 Å². The van der Waals surface area contributed by atoms with Crippen molar-refractivity contribution in [2.24, 2.45) is 5.73 Å². The highest BCUT2D eigenvalue weighted by molar-refractivity contribution is 9.10. The van der Waals surface area contributed by atoms with E-state index in [4.69, 9.17) is 5.73 Å². The summed E-state index contributed by atoms with van der Waals surface area (Å²) in [6, 6.07) is 6.61. The van der Waals surface area contributed by atoms with Crippen LogP contribution in [0.25, 0.3) is 0 Å². The van der Waals surface area contributed by atoms with E-state index in [0.717, 1.165) is 26.1 Å². The van der Waals surface area contributed by atoms with Gasteiger partial charge < -0.3 is 10.6 Å². The molecule has 0 aromatic heterocycles. The molecule has 1 aromatic rings. The van der Waals surface area contributed by atoms with E-state index in [1.807, 2.05) is 0 Å². The first-order valence-electron chi connectivity index (χ1n) is 6.89. The molecule has 1 saturated heterocycles. The zero-order valence-electron chi connectivity index (χ0n) is 12.1. The average Bonchev–Trinajstić information content (AvgIpc) is 2.33. The number of piperazine rings is 1. The van der Waals surface area contributed by atoms with Crippen molar-refractivity contribution in [3.8, 4) is 0 Å². The topological polar surface area (TPSA) is 32.5 Å². The number of benzene rings is 1. The third-order valence-electron chi connectivity index (χ3n) is 4.10. The molecule has 1 fully saturated rings. The second kappa shape index (κ2) is 5.81. The highest BCUT2D eigenvalue weighted by atomic mass is 79.9. The Morgan fingerprint density at radius 1 is 1.32 bits per heavy atom. The molecular weight excluding hydrogens is 302 g/mol. The van der Waals surface area contributed by atoms with Crippen molar-refractivity contribution < 1.29 is 0 Å². The first-order chi connectivity index (χ1) is 8.94. The van der Waals surface area contributed by atoms with Crippen LogP contribution in [0.5, 0.6) is 0 Å². The third-order valence-corrected chi connectivity index (χ3v) is 4.74. The lowest BCUT2D eigenvalue weighted by molar-refractivity contribution is 0.139. The Kier molecular flexibility index (Phi) is 4.54. The van der Waals surface area contributed by atoms with E-state index in [2.05, 4.69) is 64.8 Å². The van der Waals surface area contributed by atoms with E-state index in [-0.39, 0.29) is 5.54 Å². The van der Waals surface area contributed by atoms with Gasteiger partial charge in [0, 0.05) is 29.6 Å². The lowest BCUT2D eigenvalue weighted by Crippen LogP contribution is -2.57. The van der Waals surface area contributed by atoms with Crippen LogP contribution in [0.1, 0.15) is 19.4 Å². The standard InChI is InChI=1S/C15H24BrN3/c1-15(2)11-19(9-8-18(15)3)14-5-4-12(6-7-17)10-13(14)16/h4-5,10H,6-9,11,17H2,1-3H3. The van der Waals surface area contributed by atoms with Gasteiger partial charge in [-0.05, 0) is 67.5 Å². The number of likely N-dealkylation sites (N-methyl/N-ethyl adjacent to an activating group) is 1. The van der Waals surface area contributed by atoms with Gasteiger partial charge in [0.1, 0.15) is 0 Å². The van der Waals surface area contributed by atoms with Gasteiger partial charge in [0.05, 0.1) is 5.69 Å². The summed E-state index contributed by atoms with van der Waals surface area (Å²) in [5.41, 5.74) is 8.42. The van der Waals surface area contributed by atoms with Crippen LogP contribution in [-0.2, 0) is 6.42 Å². The molecule has 2 rings (SSSR count). The molecule has 0 unspecified atom stereocenters. The Balaban J connectivity index is 2.18. The lowest BCUT2D eigenvalue weighted by atomic mass is 9.99. The molecule has 0 aliphatic carbocycles. The summed E-state index contributed by atoms with van der Waals surface area (Å²) >= 11 is 3.71. The van der Waals surface area contributed by atoms with E-state index in [1.165, 1.54) is 15.7 Å². The fourth-order valence-corrected chi connectivity index (χ4v) is 3.25. The van der Waals surface area contributed by atoms with E-state index in [1.54, 1.807) is 0 Å². The maximum absolute atomic E-state index is 5.61. The first kappa shape index (κ1) is 14.8. The van der Waals surface area contributed by atoms with Crippen molar-refractivity contribution in [3.05, 3.63) is 28.2 Å². The molecule has 1 aliphatic heterocycles. The molecule has 106 valence electrons. The number of hydrogen-bond acceptors (Lipinski definition) is 3. The summed E-state index contributed by atoms with van der Waals surface area (Å²) in [5.74, 6) is 0. The maximum Gasteiger partial charge on any atom is 0.0511 e. The van der Waals surface area contributed by atoms with E-state index >= 15 is 0 Å². The van der Waals surface area contributed by atoms with Crippen LogP contribution in [0.4, 0.5) is 5.69 Å². The quantitative estimate of drug-likeness (QED) is 0.926. The van der Waals surface area contributed by atoms with Gasteiger partial charge in [0.25, 0.3) is 0 Å². The predicted octanol–water partition coefficient (Wildman–Crippen LogP) is 2.48. The van der Waals surface area contributed by atoms with Gasteiger partial charge in [-0.2, -0.15) is 0 Å². The van der Waals surface area contributed by atoms with Crippen molar-refractivity contribution in [2.75, 3.05) is 38.1 Å². The zero-order valence-corrected chi connectivity index (χ0v) is 13.7. The fraction of sp³-hybridized carbons (Fsp3) is 0.600. The zero-order chi connectivity index (χ0) is 14.0. The molecule has 0 amide bonds. The van der Waals surface area contributed by atoms with Crippen molar-refractivity contribution in [1.82, 2.24) is 4.90 Å². The van der Waals surface area contributed by atoms with Crippen LogP contribution >= 0.6 is 15.9 Å². The molecule has 0 bridgehead atoms. The van der Waals surface area contributed by atoms with E-state index in [0.29, 0.717) is 6.54 Å². The molecule has 0 spiro atoms. The number of anilines is 1. The van der Waals surface area contributed by atoms with Crippen molar-refractivity contribution >= 4 is 21.6 Å². The summed E-state index contributed by atoms with van der Waals surface area (Å²) in [5, 5.41) is 0. The monoisotopic (exact) mass is 325 g/mol. The van der Waals surface area contributed by atoms with Crippen LogP contribution < -0.4 is 10.6 Å². The van der Waals surface area contributed by atoms with Crippen LogP contribution in [0.2, 0.25) is 0 Å². The maximum atomic E-state index is 5.61. The summed E-state index contributed by atoms with van der Waals surface area (Å²) in [6.07, 6.45) is 0.938. The first-order valence-corrected chi connectivity index (χ1v) is 7.68. The average molecular weight is 326 g/mol. The van der Waals surface area contributed by atoms with Gasteiger partial charge in [-0.25, -0.2) is 0 Å². The van der Waals surface area contributed by atoms with Crippen molar-refractivity contribution in [1.29, 1.82) is 0 Å². The Labute approximate surface area is 124 Å². The Hall–Kier alpha value is -0.580. The molecule has 19 heavy (non-hydrogen) atoms. The van der Waals surface area contributed by atoms with Crippen LogP contribution in [0.3, 0.4) is 0 Å². The van der Waals surface area contributed by atoms with Crippen LogP contribution in [0.15, 0.2) is 22.7 Å². The van der Waals surface area contributed by atoms with Crippen LogP contribution in [-0.4, -0.2) is 43.7 Å². The normalized spacial score (nSPS) is 19.7. The minimum atomic E-state index is 0.216. The minimum Gasteiger partial charge on any atom is -0.368 e. The molecule has 0 atom stereocenters. The second-order valence-corrected chi connectivity index (χ2v) is 6.83. The molecule has 2 N–H and O–H groups in total. The SMILES string of the molecule is CN1CCN(c2ccc(CCN)cc2Br)CC1(C)C. The highest BCUT2D eigenvalue weighted by Gasteiger charge is 2.31. The molecule has 1 heterocycles. The highest BCUT2D eigenvalue weighted by Crippen LogP contribution is 2.31. The Bertz CT molecular complexity index is 445. The number of hydrogen-bond donors (Lipinski definition) is 1. The molecular formula is C15H24BrN3. The summed E-state index contributed by atoms with van der Waals surface area (Å²) in [4.78, 5) is 4.90. The largest absolute Gasteiger partial charge is 0.368 e. The molecule has 1 aromatic carbocycles. The Morgan fingerprint density at radius 2 is 2.05 bits per heavy atom. The van der Waals surface area contributed by atoms with Gasteiger partial charge >= 0.3 is 0 Å². The fourth-order valence-electron chi connectivity index (χ4n) is 2.57. The third kappa shape index (κ3) is 3.30. The summed E-state index contributed by atoms with van der Waals surface area (Å²) in [7, 11) is 2.21. The number of nitrogens with two attached hydrogens (primary N) is 1. The summed E-state index contributed by atoms with van der Waals surface area (Å²) < 4.78 is 1.18. The van der Waals surface area contributed by atoms with Crippen molar-refractivity contribution in [2.45, 2.75) is 25.8 Å². The molecule has 1 aliphatic rings. The number of halogens is 1. The number of nitrogens with zero attached hydrogens (tertiary/aromatic N) is 2. The van der Waals surface area contributed by atoms with Gasteiger partial charge in [0.2, 0.25) is 0 Å². The van der Waals surface area contributed by atoms with E-state index < -0.39 is 0 Å². The van der Waals surface area contributed by atoms with Crippen LogP contribution in [0, 0.1) is 0 Å². The Morgan fingerprint density at radius 3 is 2.63 bits per heavy atom.